The maximum absolute atomic E-state index is 10.6. The van der Waals surface area contributed by atoms with Crippen molar-refractivity contribution < 1.29 is 24.8 Å². The van der Waals surface area contributed by atoms with E-state index in [1.165, 1.54) is 14.2 Å². The maximum atomic E-state index is 10.6. The number of aliphatic hydroxyl groups is 1. The first-order chi connectivity index (χ1) is 12.5. The molecule has 1 aliphatic rings. The van der Waals surface area contributed by atoms with Crippen molar-refractivity contribution in [3.63, 3.8) is 0 Å². The molecule has 0 saturated carbocycles. The second-order valence-electron chi connectivity index (χ2n) is 6.79. The number of phenols is 2. The molecule has 2 aromatic rings. The molecule has 0 aromatic heterocycles. The van der Waals surface area contributed by atoms with Crippen molar-refractivity contribution in [3.8, 4) is 34.1 Å². The fraction of sp³-hybridized carbons (Fsp3) is 0.429. The predicted octanol–water partition coefficient (Wildman–Crippen LogP) is 3.80. The molecule has 3 rings (SSSR count). The van der Waals surface area contributed by atoms with Crippen LogP contribution in [0.1, 0.15) is 36.8 Å². The molecule has 0 spiro atoms. The monoisotopic (exact) mass is 358 g/mol. The lowest BCUT2D eigenvalue weighted by Crippen LogP contribution is -2.08. The largest absolute Gasteiger partial charge is 0.507 e. The number of aliphatic hydroxyl groups excluding tert-OH is 1. The fourth-order valence-electron chi connectivity index (χ4n) is 3.59. The summed E-state index contributed by atoms with van der Waals surface area (Å²) in [4.78, 5) is 0. The SMILES string of the molecule is COc1c2cc(c(O)c1OC)CCCC[C@H](O)CCc1ccc(O)c-2c1. The van der Waals surface area contributed by atoms with Gasteiger partial charge in [0.25, 0.3) is 0 Å². The second-order valence-corrected chi connectivity index (χ2v) is 6.79. The van der Waals surface area contributed by atoms with Gasteiger partial charge in [0.15, 0.2) is 11.5 Å². The molecule has 0 heterocycles. The van der Waals surface area contributed by atoms with Gasteiger partial charge in [-0.3, -0.25) is 0 Å². The normalized spacial score (nSPS) is 17.6. The number of rotatable bonds is 2. The van der Waals surface area contributed by atoms with Gasteiger partial charge in [0, 0.05) is 11.1 Å². The molecule has 3 N–H and O–H groups in total. The van der Waals surface area contributed by atoms with Gasteiger partial charge in [0.1, 0.15) is 5.75 Å². The Balaban J connectivity index is 2.22. The van der Waals surface area contributed by atoms with Crippen molar-refractivity contribution in [2.24, 2.45) is 0 Å². The summed E-state index contributed by atoms with van der Waals surface area (Å²) in [5, 5.41) is 31.2. The van der Waals surface area contributed by atoms with Gasteiger partial charge in [0.05, 0.1) is 20.3 Å². The molecule has 26 heavy (non-hydrogen) atoms. The summed E-state index contributed by atoms with van der Waals surface area (Å²) >= 11 is 0. The number of phenolic OH excluding ortho intramolecular Hbond substituents is 2. The molecule has 0 radical (unpaired) electrons. The van der Waals surface area contributed by atoms with E-state index in [2.05, 4.69) is 0 Å². The summed E-state index contributed by atoms with van der Waals surface area (Å²) in [6.45, 7) is 0. The zero-order chi connectivity index (χ0) is 18.7. The Morgan fingerprint density at radius 2 is 1.65 bits per heavy atom. The molecule has 5 heteroatoms. The number of aromatic hydroxyl groups is 2. The molecular formula is C21H26O5. The Labute approximate surface area is 153 Å². The third kappa shape index (κ3) is 3.58. The van der Waals surface area contributed by atoms with Crippen LogP contribution >= 0.6 is 0 Å². The molecule has 0 aliphatic heterocycles. The molecule has 5 nitrogen and oxygen atoms in total. The van der Waals surface area contributed by atoms with Crippen LogP contribution in [-0.2, 0) is 12.8 Å². The van der Waals surface area contributed by atoms with E-state index in [0.29, 0.717) is 29.7 Å². The van der Waals surface area contributed by atoms with Crippen LogP contribution in [0.2, 0.25) is 0 Å². The van der Waals surface area contributed by atoms with E-state index in [-0.39, 0.29) is 23.4 Å². The van der Waals surface area contributed by atoms with Crippen molar-refractivity contribution in [2.75, 3.05) is 14.2 Å². The van der Waals surface area contributed by atoms with Crippen LogP contribution in [0.15, 0.2) is 24.3 Å². The lowest BCUT2D eigenvalue weighted by molar-refractivity contribution is 0.151. The Morgan fingerprint density at radius 1 is 0.885 bits per heavy atom. The number of hydrogen-bond acceptors (Lipinski definition) is 5. The lowest BCUT2D eigenvalue weighted by atomic mass is 9.95. The zero-order valence-electron chi connectivity index (χ0n) is 15.3. The number of methoxy groups -OCH3 is 2. The summed E-state index contributed by atoms with van der Waals surface area (Å²) in [5.41, 5.74) is 3.10. The van der Waals surface area contributed by atoms with Crippen molar-refractivity contribution in [1.29, 1.82) is 0 Å². The summed E-state index contributed by atoms with van der Waals surface area (Å²) in [6, 6.07) is 7.31. The average Bonchev–Trinajstić information content (AvgIpc) is 2.65. The minimum absolute atomic E-state index is 0.0687. The summed E-state index contributed by atoms with van der Waals surface area (Å²) < 4.78 is 10.9. The molecule has 1 aliphatic carbocycles. The van der Waals surface area contributed by atoms with Crippen LogP contribution in [0.4, 0.5) is 0 Å². The highest BCUT2D eigenvalue weighted by Gasteiger charge is 2.22. The molecule has 0 saturated heterocycles. The first-order valence-electron chi connectivity index (χ1n) is 9.02. The predicted molar refractivity (Wildman–Crippen MR) is 100 cm³/mol. The van der Waals surface area contributed by atoms with Crippen molar-refractivity contribution in [3.05, 3.63) is 35.4 Å². The van der Waals surface area contributed by atoms with Gasteiger partial charge in [-0.1, -0.05) is 12.5 Å². The van der Waals surface area contributed by atoms with E-state index in [1.807, 2.05) is 18.2 Å². The molecule has 0 amide bonds. The van der Waals surface area contributed by atoms with Gasteiger partial charge in [-0.15, -0.1) is 0 Å². The molecule has 1 atom stereocenters. The van der Waals surface area contributed by atoms with Gasteiger partial charge >= 0.3 is 0 Å². The van der Waals surface area contributed by atoms with E-state index in [0.717, 1.165) is 36.8 Å². The van der Waals surface area contributed by atoms with E-state index >= 15 is 0 Å². The van der Waals surface area contributed by atoms with Crippen LogP contribution in [-0.4, -0.2) is 35.6 Å². The fourth-order valence-corrected chi connectivity index (χ4v) is 3.59. The highest BCUT2D eigenvalue weighted by atomic mass is 16.5. The minimum atomic E-state index is -0.339. The number of ether oxygens (including phenoxy) is 2. The highest BCUT2D eigenvalue weighted by molar-refractivity contribution is 5.81. The Bertz CT molecular complexity index is 784. The average molecular weight is 358 g/mol. The number of benzene rings is 2. The summed E-state index contributed by atoms with van der Waals surface area (Å²) in [5.74, 6) is 0.885. The van der Waals surface area contributed by atoms with E-state index < -0.39 is 0 Å². The van der Waals surface area contributed by atoms with Crippen molar-refractivity contribution in [1.82, 2.24) is 0 Å². The van der Waals surface area contributed by atoms with Crippen LogP contribution < -0.4 is 9.47 Å². The van der Waals surface area contributed by atoms with Gasteiger partial charge < -0.3 is 24.8 Å². The number of fused-ring (bicyclic) bond motifs is 5. The molecular weight excluding hydrogens is 332 g/mol. The lowest BCUT2D eigenvalue weighted by Gasteiger charge is -2.18. The molecule has 0 unspecified atom stereocenters. The molecule has 2 aromatic carbocycles. The van der Waals surface area contributed by atoms with E-state index in [4.69, 9.17) is 9.47 Å². The van der Waals surface area contributed by atoms with E-state index in [9.17, 15) is 15.3 Å². The Morgan fingerprint density at radius 3 is 2.38 bits per heavy atom. The van der Waals surface area contributed by atoms with Crippen molar-refractivity contribution >= 4 is 0 Å². The van der Waals surface area contributed by atoms with Crippen LogP contribution in [0.3, 0.4) is 0 Å². The third-order valence-corrected chi connectivity index (χ3v) is 5.05. The van der Waals surface area contributed by atoms with Crippen LogP contribution in [0, 0.1) is 0 Å². The van der Waals surface area contributed by atoms with Crippen molar-refractivity contribution in [2.45, 2.75) is 44.6 Å². The minimum Gasteiger partial charge on any atom is -0.507 e. The highest BCUT2D eigenvalue weighted by Crippen LogP contribution is 2.48. The third-order valence-electron chi connectivity index (χ3n) is 5.05. The van der Waals surface area contributed by atoms with Gasteiger partial charge in [-0.25, -0.2) is 0 Å². The Kier molecular flexibility index (Phi) is 5.57. The first kappa shape index (κ1) is 18.4. The first-order valence-corrected chi connectivity index (χ1v) is 9.02. The molecule has 140 valence electrons. The number of aryl methyl sites for hydroxylation is 2. The van der Waals surface area contributed by atoms with Gasteiger partial charge in [-0.05, 0) is 61.4 Å². The topological polar surface area (TPSA) is 79.2 Å². The van der Waals surface area contributed by atoms with Gasteiger partial charge in [0.2, 0.25) is 5.75 Å². The maximum Gasteiger partial charge on any atom is 0.203 e. The smallest absolute Gasteiger partial charge is 0.203 e. The number of hydrogen-bond donors (Lipinski definition) is 3. The van der Waals surface area contributed by atoms with E-state index in [1.54, 1.807) is 6.07 Å². The summed E-state index contributed by atoms with van der Waals surface area (Å²) in [7, 11) is 3.01. The van der Waals surface area contributed by atoms with Crippen LogP contribution in [0.5, 0.6) is 23.0 Å². The summed E-state index contributed by atoms with van der Waals surface area (Å²) in [6.07, 6.45) is 4.22. The second kappa shape index (κ2) is 7.87. The molecule has 4 bridgehead atoms. The Hall–Kier alpha value is -2.40. The zero-order valence-corrected chi connectivity index (χ0v) is 15.3. The van der Waals surface area contributed by atoms with Gasteiger partial charge in [-0.2, -0.15) is 0 Å². The quantitative estimate of drug-likeness (QED) is 0.761. The standard InChI is InChI=1S/C21H26O5/c1-25-20-17-12-14(19(24)21(20)26-2)5-3-4-6-15(22)9-7-13-8-10-18(23)16(17)11-13/h8,10-12,15,22-24H,3-7,9H2,1-2H3/t15-/m0/s1. The van der Waals surface area contributed by atoms with Crippen LogP contribution in [0.25, 0.3) is 11.1 Å². The molecule has 0 fully saturated rings.